The molecule has 0 fully saturated rings. The molecule has 1 N–H and O–H groups in total. The van der Waals surface area contributed by atoms with Crippen molar-refractivity contribution in [1.82, 2.24) is 5.32 Å². The van der Waals surface area contributed by atoms with Gasteiger partial charge < -0.3 is 14.8 Å². The summed E-state index contributed by atoms with van der Waals surface area (Å²) in [6.45, 7) is 16.6. The molecule has 4 heteroatoms. The number of unbranched alkanes of at least 4 members (excludes halogenated alkanes) is 3. The van der Waals surface area contributed by atoms with Gasteiger partial charge in [0.2, 0.25) is 5.91 Å². The van der Waals surface area contributed by atoms with Gasteiger partial charge in [0.25, 0.3) is 0 Å². The monoisotopic (exact) mass is 357 g/mol. The minimum absolute atomic E-state index is 0.140. The lowest BCUT2D eigenvalue weighted by Crippen LogP contribution is -2.27. The Labute approximate surface area is 156 Å². The molecule has 0 saturated heterocycles. The molecule has 0 aromatic heterocycles. The van der Waals surface area contributed by atoms with E-state index in [1.54, 1.807) is 0 Å². The van der Waals surface area contributed by atoms with Crippen LogP contribution < -0.4 is 5.32 Å². The first kappa shape index (κ1) is 24.4. The Morgan fingerprint density at radius 2 is 1.28 bits per heavy atom. The van der Waals surface area contributed by atoms with E-state index >= 15 is 0 Å². The van der Waals surface area contributed by atoms with Crippen LogP contribution in [-0.4, -0.2) is 38.9 Å². The molecule has 0 heterocycles. The number of carbonyl (C=O) groups excluding carboxylic acids is 1. The molecular formula is C21H43NO3. The lowest BCUT2D eigenvalue weighted by atomic mass is 9.89. The molecule has 0 aliphatic rings. The molecule has 150 valence electrons. The topological polar surface area (TPSA) is 47.6 Å². The number of nitrogens with one attached hydrogen (secondary N) is 1. The summed E-state index contributed by atoms with van der Waals surface area (Å²) in [4.78, 5) is 11.7. The average molecular weight is 358 g/mol. The van der Waals surface area contributed by atoms with Crippen molar-refractivity contribution in [3.63, 3.8) is 0 Å². The summed E-state index contributed by atoms with van der Waals surface area (Å²) in [6, 6.07) is 0. The smallest absolute Gasteiger partial charge is 0.220 e. The molecule has 0 radical (unpaired) electrons. The van der Waals surface area contributed by atoms with Crippen LogP contribution in [0.2, 0.25) is 0 Å². The summed E-state index contributed by atoms with van der Waals surface area (Å²) < 4.78 is 11.0. The second kappa shape index (κ2) is 13.6. The van der Waals surface area contributed by atoms with Gasteiger partial charge in [-0.1, -0.05) is 60.8 Å². The normalized spacial score (nSPS) is 12.4. The molecule has 4 nitrogen and oxygen atoms in total. The predicted octanol–water partition coefficient (Wildman–Crippen LogP) is 4.96. The highest BCUT2D eigenvalue weighted by Gasteiger charge is 2.09. The van der Waals surface area contributed by atoms with E-state index in [-0.39, 0.29) is 5.91 Å². The minimum Gasteiger partial charge on any atom is -0.379 e. The van der Waals surface area contributed by atoms with Crippen LogP contribution in [0.3, 0.4) is 0 Å². The summed E-state index contributed by atoms with van der Waals surface area (Å²) >= 11 is 0. The summed E-state index contributed by atoms with van der Waals surface area (Å²) in [5, 5.41) is 2.92. The molecule has 0 aromatic rings. The fourth-order valence-corrected chi connectivity index (χ4v) is 2.35. The summed E-state index contributed by atoms with van der Waals surface area (Å²) in [6.07, 6.45) is 7.56. The lowest BCUT2D eigenvalue weighted by Gasteiger charge is -2.17. The van der Waals surface area contributed by atoms with E-state index in [0.29, 0.717) is 43.6 Å². The van der Waals surface area contributed by atoms with Crippen LogP contribution in [0.4, 0.5) is 0 Å². The first-order valence-electron chi connectivity index (χ1n) is 10.0. The fraction of sp³-hybridized carbons (Fsp3) is 0.952. The lowest BCUT2D eigenvalue weighted by molar-refractivity contribution is -0.121. The van der Waals surface area contributed by atoms with Crippen molar-refractivity contribution in [3.05, 3.63) is 0 Å². The summed E-state index contributed by atoms with van der Waals surface area (Å²) in [5.74, 6) is 0.140. The number of hydrogen-bond donors (Lipinski definition) is 1. The van der Waals surface area contributed by atoms with Gasteiger partial charge in [-0.05, 0) is 30.1 Å². The molecule has 0 aromatic carbocycles. The second-order valence-corrected chi connectivity index (χ2v) is 9.36. The summed E-state index contributed by atoms with van der Waals surface area (Å²) in [5.41, 5.74) is 0.743. The van der Waals surface area contributed by atoms with Gasteiger partial charge in [-0.3, -0.25) is 4.79 Å². The molecule has 0 spiro atoms. The highest BCUT2D eigenvalue weighted by Crippen LogP contribution is 2.22. The molecule has 0 saturated carbocycles. The van der Waals surface area contributed by atoms with Gasteiger partial charge in [-0.2, -0.15) is 0 Å². The van der Waals surface area contributed by atoms with Gasteiger partial charge in [0.05, 0.1) is 19.8 Å². The standard InChI is InChI=1S/C21H43NO3/c1-20(2,3)12-10-8-7-9-11-19(23)22-14-16-25-18-17-24-15-13-21(4,5)6/h7-18H2,1-6H3,(H,22,23). The number of hydrogen-bond acceptors (Lipinski definition) is 3. The van der Waals surface area contributed by atoms with Crippen molar-refractivity contribution in [3.8, 4) is 0 Å². The summed E-state index contributed by atoms with van der Waals surface area (Å²) in [7, 11) is 0. The quantitative estimate of drug-likeness (QED) is 0.447. The van der Waals surface area contributed by atoms with E-state index in [0.717, 1.165) is 25.9 Å². The third kappa shape index (κ3) is 21.3. The van der Waals surface area contributed by atoms with Gasteiger partial charge in [0.1, 0.15) is 0 Å². The van der Waals surface area contributed by atoms with E-state index < -0.39 is 0 Å². The number of carbonyl (C=O) groups is 1. The maximum absolute atomic E-state index is 11.7. The van der Waals surface area contributed by atoms with Crippen molar-refractivity contribution >= 4 is 5.91 Å². The van der Waals surface area contributed by atoms with Crippen LogP contribution in [0.15, 0.2) is 0 Å². The zero-order valence-electron chi connectivity index (χ0n) is 17.7. The number of ether oxygens (including phenoxy) is 2. The van der Waals surface area contributed by atoms with E-state index in [9.17, 15) is 4.79 Å². The molecule has 1 amide bonds. The Hall–Kier alpha value is -0.610. The first-order chi connectivity index (χ1) is 11.6. The van der Waals surface area contributed by atoms with Gasteiger partial charge in [0.15, 0.2) is 0 Å². The Morgan fingerprint density at radius 1 is 0.720 bits per heavy atom. The molecular weight excluding hydrogens is 314 g/mol. The largest absolute Gasteiger partial charge is 0.379 e. The predicted molar refractivity (Wildman–Crippen MR) is 106 cm³/mol. The molecule has 0 aliphatic heterocycles. The number of rotatable bonds is 14. The zero-order chi connectivity index (χ0) is 19.2. The average Bonchev–Trinajstić information content (AvgIpc) is 2.47. The zero-order valence-corrected chi connectivity index (χ0v) is 17.7. The molecule has 0 aliphatic carbocycles. The van der Waals surface area contributed by atoms with Gasteiger partial charge in [-0.15, -0.1) is 0 Å². The van der Waals surface area contributed by atoms with Crippen LogP contribution in [0.5, 0.6) is 0 Å². The molecule has 0 unspecified atom stereocenters. The molecule has 0 bridgehead atoms. The van der Waals surface area contributed by atoms with Crippen LogP contribution in [-0.2, 0) is 14.3 Å². The Balaban J connectivity index is 3.28. The highest BCUT2D eigenvalue weighted by molar-refractivity contribution is 5.75. The van der Waals surface area contributed by atoms with Gasteiger partial charge in [-0.25, -0.2) is 0 Å². The van der Waals surface area contributed by atoms with E-state index in [2.05, 4.69) is 46.9 Å². The first-order valence-corrected chi connectivity index (χ1v) is 10.0. The Kier molecular flexibility index (Phi) is 13.2. The Morgan fingerprint density at radius 3 is 1.88 bits per heavy atom. The maximum Gasteiger partial charge on any atom is 0.220 e. The van der Waals surface area contributed by atoms with Crippen LogP contribution in [0, 0.1) is 10.8 Å². The van der Waals surface area contributed by atoms with Crippen molar-refractivity contribution < 1.29 is 14.3 Å². The minimum atomic E-state index is 0.140. The van der Waals surface area contributed by atoms with Gasteiger partial charge >= 0.3 is 0 Å². The van der Waals surface area contributed by atoms with E-state index in [1.165, 1.54) is 19.3 Å². The third-order valence-electron chi connectivity index (χ3n) is 4.02. The van der Waals surface area contributed by atoms with Crippen molar-refractivity contribution in [2.45, 2.75) is 86.5 Å². The van der Waals surface area contributed by atoms with Crippen molar-refractivity contribution in [2.24, 2.45) is 10.8 Å². The van der Waals surface area contributed by atoms with E-state index in [4.69, 9.17) is 9.47 Å². The van der Waals surface area contributed by atoms with Crippen molar-refractivity contribution in [1.29, 1.82) is 0 Å². The highest BCUT2D eigenvalue weighted by atomic mass is 16.5. The maximum atomic E-state index is 11.7. The van der Waals surface area contributed by atoms with Crippen LogP contribution >= 0.6 is 0 Å². The number of amides is 1. The fourth-order valence-electron chi connectivity index (χ4n) is 2.35. The third-order valence-corrected chi connectivity index (χ3v) is 4.02. The molecule has 25 heavy (non-hydrogen) atoms. The van der Waals surface area contributed by atoms with E-state index in [1.807, 2.05) is 0 Å². The molecule has 0 atom stereocenters. The van der Waals surface area contributed by atoms with Crippen LogP contribution in [0.1, 0.15) is 86.5 Å². The SMILES string of the molecule is CC(C)(C)CCCCCCC(=O)NCCOCCOCCC(C)(C)C. The Bertz CT molecular complexity index is 329. The second-order valence-electron chi connectivity index (χ2n) is 9.36. The molecule has 0 rings (SSSR count). The van der Waals surface area contributed by atoms with Crippen molar-refractivity contribution in [2.75, 3.05) is 33.0 Å². The van der Waals surface area contributed by atoms with Gasteiger partial charge in [0, 0.05) is 19.6 Å². The van der Waals surface area contributed by atoms with Crippen LogP contribution in [0.25, 0.3) is 0 Å².